The van der Waals surface area contributed by atoms with Crippen LogP contribution in [0.5, 0.6) is 0 Å². The number of piperidine rings is 1. The summed E-state index contributed by atoms with van der Waals surface area (Å²) >= 11 is 0. The first-order valence-corrected chi connectivity index (χ1v) is 10.2. The van der Waals surface area contributed by atoms with Gasteiger partial charge in [0.2, 0.25) is 0 Å². The fourth-order valence-corrected chi connectivity index (χ4v) is 4.46. The second-order valence-electron chi connectivity index (χ2n) is 7.98. The van der Waals surface area contributed by atoms with Crippen LogP contribution in [0.2, 0.25) is 0 Å². The smallest absolute Gasteiger partial charge is 0.272 e. The highest BCUT2D eigenvalue weighted by molar-refractivity contribution is 5.92. The lowest BCUT2D eigenvalue weighted by molar-refractivity contribution is -0.0451. The Balaban J connectivity index is 1.38. The van der Waals surface area contributed by atoms with E-state index in [1.54, 1.807) is 10.9 Å². The lowest BCUT2D eigenvalue weighted by Crippen LogP contribution is -2.50. The van der Waals surface area contributed by atoms with Gasteiger partial charge in [-0.25, -0.2) is 4.98 Å². The number of amides is 1. The Kier molecular flexibility index (Phi) is 5.35. The summed E-state index contributed by atoms with van der Waals surface area (Å²) in [7, 11) is 0. The lowest BCUT2D eigenvalue weighted by Gasteiger charge is -2.39. The van der Waals surface area contributed by atoms with E-state index in [0.29, 0.717) is 24.7 Å². The fourth-order valence-electron chi connectivity index (χ4n) is 4.46. The number of aryl methyl sites for hydroxylation is 2. The van der Waals surface area contributed by atoms with Crippen molar-refractivity contribution in [3.8, 4) is 0 Å². The standard InChI is InChI=1S/C21H29N5O2/c1-3-26-18(11-16(2)24-26)20(27)25-10-6-8-21(15-25)12-17(14-28-21)13-23-19-7-4-5-9-22-19/h4-5,7,9,11,17H,3,6,8,10,12-15H2,1-2H3,(H,22,23). The number of likely N-dealkylation sites (tertiary alicyclic amines) is 1. The molecule has 2 aliphatic rings. The Hall–Kier alpha value is -2.41. The summed E-state index contributed by atoms with van der Waals surface area (Å²) < 4.78 is 8.08. The van der Waals surface area contributed by atoms with Gasteiger partial charge in [-0.15, -0.1) is 0 Å². The van der Waals surface area contributed by atoms with Crippen molar-refractivity contribution in [2.75, 3.05) is 31.6 Å². The highest BCUT2D eigenvalue weighted by Gasteiger charge is 2.44. The molecule has 28 heavy (non-hydrogen) atoms. The molecule has 0 aromatic carbocycles. The molecule has 150 valence electrons. The van der Waals surface area contributed by atoms with Gasteiger partial charge in [0.15, 0.2) is 0 Å². The number of hydrogen-bond acceptors (Lipinski definition) is 5. The van der Waals surface area contributed by atoms with Gasteiger partial charge in [0.1, 0.15) is 11.5 Å². The van der Waals surface area contributed by atoms with Crippen molar-refractivity contribution in [2.45, 2.75) is 45.3 Å². The van der Waals surface area contributed by atoms with E-state index >= 15 is 0 Å². The number of anilines is 1. The summed E-state index contributed by atoms with van der Waals surface area (Å²) in [4.78, 5) is 19.4. The molecule has 0 radical (unpaired) electrons. The van der Waals surface area contributed by atoms with Gasteiger partial charge >= 0.3 is 0 Å². The highest BCUT2D eigenvalue weighted by atomic mass is 16.5. The number of nitrogens with one attached hydrogen (secondary N) is 1. The van der Waals surface area contributed by atoms with Crippen molar-refractivity contribution in [3.05, 3.63) is 41.9 Å². The second-order valence-corrected chi connectivity index (χ2v) is 7.98. The normalized spacial score (nSPS) is 24.6. The molecule has 2 aromatic heterocycles. The van der Waals surface area contributed by atoms with E-state index in [1.165, 1.54) is 0 Å². The van der Waals surface area contributed by atoms with E-state index in [2.05, 4.69) is 15.4 Å². The van der Waals surface area contributed by atoms with Crippen LogP contribution in [0.25, 0.3) is 0 Å². The zero-order chi connectivity index (χ0) is 19.6. The van der Waals surface area contributed by atoms with E-state index in [-0.39, 0.29) is 11.5 Å². The van der Waals surface area contributed by atoms with Gasteiger partial charge in [0.25, 0.3) is 5.91 Å². The van der Waals surface area contributed by atoms with E-state index in [0.717, 1.165) is 50.5 Å². The molecular weight excluding hydrogens is 354 g/mol. The van der Waals surface area contributed by atoms with E-state index in [4.69, 9.17) is 4.74 Å². The SMILES string of the molecule is CCn1nc(C)cc1C(=O)N1CCCC2(CC(CNc3ccccn3)CO2)C1. The molecule has 2 unspecified atom stereocenters. The summed E-state index contributed by atoms with van der Waals surface area (Å²) in [6.07, 6.45) is 4.76. The van der Waals surface area contributed by atoms with Gasteiger partial charge in [0, 0.05) is 31.7 Å². The van der Waals surface area contributed by atoms with Crippen molar-refractivity contribution in [1.82, 2.24) is 19.7 Å². The maximum atomic E-state index is 13.1. The average molecular weight is 383 g/mol. The third-order valence-corrected chi connectivity index (χ3v) is 5.77. The largest absolute Gasteiger partial charge is 0.373 e. The van der Waals surface area contributed by atoms with Crippen LogP contribution in [-0.4, -0.2) is 57.4 Å². The maximum Gasteiger partial charge on any atom is 0.272 e. The monoisotopic (exact) mass is 383 g/mol. The number of ether oxygens (including phenoxy) is 1. The van der Waals surface area contributed by atoms with Crippen molar-refractivity contribution < 1.29 is 9.53 Å². The molecule has 2 saturated heterocycles. The molecule has 1 spiro atoms. The molecule has 2 aromatic rings. The zero-order valence-corrected chi connectivity index (χ0v) is 16.7. The minimum absolute atomic E-state index is 0.0696. The zero-order valence-electron chi connectivity index (χ0n) is 16.7. The summed E-state index contributed by atoms with van der Waals surface area (Å²) in [6.45, 7) is 7.67. The summed E-state index contributed by atoms with van der Waals surface area (Å²) in [5.74, 6) is 1.40. The molecule has 7 nitrogen and oxygen atoms in total. The van der Waals surface area contributed by atoms with Crippen molar-refractivity contribution >= 4 is 11.7 Å². The number of rotatable bonds is 5. The van der Waals surface area contributed by atoms with Gasteiger partial charge in [-0.2, -0.15) is 5.10 Å². The molecule has 2 fully saturated rings. The number of aromatic nitrogens is 3. The average Bonchev–Trinajstić information content (AvgIpc) is 3.29. The molecule has 0 aliphatic carbocycles. The van der Waals surface area contributed by atoms with Gasteiger partial charge in [0.05, 0.1) is 24.4 Å². The van der Waals surface area contributed by atoms with Gasteiger partial charge < -0.3 is 15.0 Å². The molecular formula is C21H29N5O2. The van der Waals surface area contributed by atoms with Crippen LogP contribution in [0.15, 0.2) is 30.5 Å². The Bertz CT molecular complexity index is 821. The summed E-state index contributed by atoms with van der Waals surface area (Å²) in [5, 5.41) is 7.83. The molecule has 4 rings (SSSR count). The van der Waals surface area contributed by atoms with Crippen LogP contribution in [0.4, 0.5) is 5.82 Å². The van der Waals surface area contributed by atoms with Crippen LogP contribution < -0.4 is 5.32 Å². The Morgan fingerprint density at radius 1 is 1.43 bits per heavy atom. The van der Waals surface area contributed by atoms with Crippen LogP contribution in [0.1, 0.15) is 42.4 Å². The predicted octanol–water partition coefficient (Wildman–Crippen LogP) is 2.73. The summed E-state index contributed by atoms with van der Waals surface area (Å²) in [6, 6.07) is 7.77. The van der Waals surface area contributed by atoms with Gasteiger partial charge in [-0.05, 0) is 51.3 Å². The first-order valence-electron chi connectivity index (χ1n) is 10.2. The third-order valence-electron chi connectivity index (χ3n) is 5.77. The predicted molar refractivity (Wildman–Crippen MR) is 107 cm³/mol. The molecule has 0 saturated carbocycles. The fraction of sp³-hybridized carbons (Fsp3) is 0.571. The molecule has 0 bridgehead atoms. The first-order chi connectivity index (χ1) is 13.6. The molecule has 2 aliphatic heterocycles. The number of carbonyl (C=O) groups excluding carboxylic acids is 1. The van der Waals surface area contributed by atoms with Crippen LogP contribution in [0.3, 0.4) is 0 Å². The van der Waals surface area contributed by atoms with Gasteiger partial charge in [-0.1, -0.05) is 6.07 Å². The van der Waals surface area contributed by atoms with Crippen LogP contribution >= 0.6 is 0 Å². The number of pyridine rings is 1. The van der Waals surface area contributed by atoms with Crippen LogP contribution in [0, 0.1) is 12.8 Å². The van der Waals surface area contributed by atoms with Crippen molar-refractivity contribution in [3.63, 3.8) is 0 Å². The Morgan fingerprint density at radius 3 is 3.11 bits per heavy atom. The van der Waals surface area contributed by atoms with Crippen LogP contribution in [-0.2, 0) is 11.3 Å². The minimum Gasteiger partial charge on any atom is -0.373 e. The quantitative estimate of drug-likeness (QED) is 0.860. The highest BCUT2D eigenvalue weighted by Crippen LogP contribution is 2.38. The Morgan fingerprint density at radius 2 is 2.32 bits per heavy atom. The first kappa shape index (κ1) is 18.9. The van der Waals surface area contributed by atoms with Crippen molar-refractivity contribution in [2.24, 2.45) is 5.92 Å². The van der Waals surface area contributed by atoms with E-state index < -0.39 is 0 Å². The molecule has 1 amide bonds. The molecule has 2 atom stereocenters. The maximum absolute atomic E-state index is 13.1. The van der Waals surface area contributed by atoms with Gasteiger partial charge in [-0.3, -0.25) is 9.48 Å². The number of hydrogen-bond donors (Lipinski definition) is 1. The molecule has 4 heterocycles. The second kappa shape index (κ2) is 7.91. The molecule has 1 N–H and O–H groups in total. The summed E-state index contributed by atoms with van der Waals surface area (Å²) in [5.41, 5.74) is 1.36. The molecule has 7 heteroatoms. The topological polar surface area (TPSA) is 72.3 Å². The lowest BCUT2D eigenvalue weighted by atomic mass is 9.86. The van der Waals surface area contributed by atoms with E-state index in [9.17, 15) is 4.79 Å². The third kappa shape index (κ3) is 3.90. The Labute approximate surface area is 166 Å². The van der Waals surface area contributed by atoms with Crippen molar-refractivity contribution in [1.29, 1.82) is 0 Å². The van der Waals surface area contributed by atoms with E-state index in [1.807, 2.05) is 43.0 Å². The number of carbonyl (C=O) groups is 1. The number of nitrogens with zero attached hydrogens (tertiary/aromatic N) is 4. The minimum atomic E-state index is -0.212.